The molecule has 2 aliphatic heterocycles. The molecule has 2 amide bonds. The summed E-state index contributed by atoms with van der Waals surface area (Å²) in [6.07, 6.45) is -0.564. The lowest BCUT2D eigenvalue weighted by molar-refractivity contribution is -0.133. The summed E-state index contributed by atoms with van der Waals surface area (Å²) in [7, 11) is 0. The van der Waals surface area contributed by atoms with Crippen molar-refractivity contribution in [1.82, 2.24) is 10.2 Å². The van der Waals surface area contributed by atoms with Crippen molar-refractivity contribution in [1.29, 1.82) is 0 Å². The minimum atomic E-state index is -0.564. The Bertz CT molecular complexity index is 596. The number of nitrogens with zero attached hydrogens (tertiary/aromatic N) is 2. The van der Waals surface area contributed by atoms with E-state index in [2.05, 4.69) is 5.32 Å². The Hall–Kier alpha value is -2.08. The molecule has 118 valence electrons. The van der Waals surface area contributed by atoms with Gasteiger partial charge in [0.2, 0.25) is 5.91 Å². The first-order valence-corrected chi connectivity index (χ1v) is 7.63. The molecule has 1 atom stereocenters. The molecule has 2 heterocycles. The van der Waals surface area contributed by atoms with Gasteiger partial charge in [-0.15, -0.1) is 0 Å². The molecule has 0 spiro atoms. The topological polar surface area (TPSA) is 61.9 Å². The molecule has 0 radical (unpaired) electrons. The molecule has 0 aliphatic carbocycles. The SMILES string of the molecule is Cc1ccc2c(c1)N(CC(=O)N1CCNCC1)C(=O)C(C)O2. The Balaban J connectivity index is 1.83. The molecule has 6 nitrogen and oxygen atoms in total. The molecular formula is C16H21N3O3. The number of carbonyl (C=O) groups excluding carboxylic acids is 2. The lowest BCUT2D eigenvalue weighted by atomic mass is 10.1. The van der Waals surface area contributed by atoms with Crippen molar-refractivity contribution in [3.63, 3.8) is 0 Å². The summed E-state index contributed by atoms with van der Waals surface area (Å²) in [5.74, 6) is 0.476. The second-order valence-corrected chi connectivity index (χ2v) is 5.79. The van der Waals surface area contributed by atoms with Crippen molar-refractivity contribution < 1.29 is 14.3 Å². The number of hydrogen-bond donors (Lipinski definition) is 1. The fourth-order valence-electron chi connectivity index (χ4n) is 2.83. The number of benzene rings is 1. The number of hydrogen-bond acceptors (Lipinski definition) is 4. The molecule has 3 rings (SSSR count). The summed E-state index contributed by atoms with van der Waals surface area (Å²) >= 11 is 0. The van der Waals surface area contributed by atoms with Gasteiger partial charge in [-0.2, -0.15) is 0 Å². The van der Waals surface area contributed by atoms with Crippen LogP contribution in [0.15, 0.2) is 18.2 Å². The highest BCUT2D eigenvalue weighted by Gasteiger charge is 2.33. The van der Waals surface area contributed by atoms with Gasteiger partial charge < -0.3 is 15.0 Å². The number of fused-ring (bicyclic) bond motifs is 1. The lowest BCUT2D eigenvalue weighted by Crippen LogP contribution is -2.53. The smallest absolute Gasteiger partial charge is 0.268 e. The summed E-state index contributed by atoms with van der Waals surface area (Å²) in [4.78, 5) is 28.3. The lowest BCUT2D eigenvalue weighted by Gasteiger charge is -2.35. The van der Waals surface area contributed by atoms with Crippen molar-refractivity contribution >= 4 is 17.5 Å². The van der Waals surface area contributed by atoms with E-state index in [9.17, 15) is 9.59 Å². The first kappa shape index (κ1) is 14.8. The zero-order chi connectivity index (χ0) is 15.7. The van der Waals surface area contributed by atoms with Crippen LogP contribution in [0.5, 0.6) is 5.75 Å². The van der Waals surface area contributed by atoms with Gasteiger partial charge >= 0.3 is 0 Å². The van der Waals surface area contributed by atoms with E-state index in [-0.39, 0.29) is 18.4 Å². The Morgan fingerprint density at radius 2 is 2.09 bits per heavy atom. The molecule has 2 aliphatic rings. The van der Waals surface area contributed by atoms with E-state index in [0.29, 0.717) is 24.5 Å². The molecule has 1 fully saturated rings. The quantitative estimate of drug-likeness (QED) is 0.866. The van der Waals surface area contributed by atoms with Crippen LogP contribution in [0.2, 0.25) is 0 Å². The Morgan fingerprint density at radius 1 is 1.36 bits per heavy atom. The normalized spacial score (nSPS) is 21.4. The van der Waals surface area contributed by atoms with Crippen LogP contribution in [0.3, 0.4) is 0 Å². The summed E-state index contributed by atoms with van der Waals surface area (Å²) in [6, 6.07) is 5.69. The second kappa shape index (κ2) is 5.96. The van der Waals surface area contributed by atoms with Gasteiger partial charge in [0.25, 0.3) is 5.91 Å². The van der Waals surface area contributed by atoms with Crippen LogP contribution in [0, 0.1) is 6.92 Å². The molecule has 1 aromatic carbocycles. The number of nitrogens with one attached hydrogen (secondary N) is 1. The molecule has 22 heavy (non-hydrogen) atoms. The van der Waals surface area contributed by atoms with Crippen LogP contribution < -0.4 is 15.0 Å². The molecule has 1 aromatic rings. The minimum Gasteiger partial charge on any atom is -0.479 e. The van der Waals surface area contributed by atoms with Crippen LogP contribution >= 0.6 is 0 Å². The largest absolute Gasteiger partial charge is 0.479 e. The summed E-state index contributed by atoms with van der Waals surface area (Å²) in [5.41, 5.74) is 1.72. The van der Waals surface area contributed by atoms with E-state index in [1.165, 1.54) is 0 Å². The first-order chi connectivity index (χ1) is 10.6. The molecular weight excluding hydrogens is 282 g/mol. The van der Waals surface area contributed by atoms with Gasteiger partial charge in [-0.3, -0.25) is 14.5 Å². The number of piperazine rings is 1. The minimum absolute atomic E-state index is 0.0172. The number of ether oxygens (including phenoxy) is 1. The van der Waals surface area contributed by atoms with Crippen LogP contribution in [0.25, 0.3) is 0 Å². The highest BCUT2D eigenvalue weighted by atomic mass is 16.5. The van der Waals surface area contributed by atoms with Gasteiger partial charge in [-0.05, 0) is 31.5 Å². The average Bonchev–Trinajstić information content (AvgIpc) is 2.53. The average molecular weight is 303 g/mol. The van der Waals surface area contributed by atoms with Crippen LogP contribution in [-0.2, 0) is 9.59 Å². The van der Waals surface area contributed by atoms with Crippen molar-refractivity contribution in [3.05, 3.63) is 23.8 Å². The number of carbonyl (C=O) groups is 2. The van der Waals surface area contributed by atoms with Crippen LogP contribution in [-0.4, -0.2) is 55.5 Å². The number of amides is 2. The maximum atomic E-state index is 12.5. The predicted octanol–water partition coefficient (Wildman–Crippen LogP) is 0.541. The Labute approximate surface area is 130 Å². The maximum absolute atomic E-state index is 12.5. The van der Waals surface area contributed by atoms with E-state index in [1.807, 2.05) is 25.1 Å². The van der Waals surface area contributed by atoms with E-state index < -0.39 is 6.10 Å². The van der Waals surface area contributed by atoms with Crippen molar-refractivity contribution in [2.45, 2.75) is 20.0 Å². The summed E-state index contributed by atoms with van der Waals surface area (Å²) in [5, 5.41) is 3.22. The fraction of sp³-hybridized carbons (Fsp3) is 0.500. The van der Waals surface area contributed by atoms with Gasteiger partial charge in [0.15, 0.2) is 6.10 Å². The zero-order valence-corrected chi connectivity index (χ0v) is 13.0. The number of anilines is 1. The number of aryl methyl sites for hydroxylation is 1. The van der Waals surface area contributed by atoms with Crippen molar-refractivity contribution in [2.75, 3.05) is 37.6 Å². The Kier molecular flexibility index (Phi) is 4.02. The van der Waals surface area contributed by atoms with Crippen LogP contribution in [0.1, 0.15) is 12.5 Å². The van der Waals surface area contributed by atoms with E-state index in [1.54, 1.807) is 16.7 Å². The van der Waals surface area contributed by atoms with Gasteiger partial charge in [0.05, 0.1) is 5.69 Å². The summed E-state index contributed by atoms with van der Waals surface area (Å²) in [6.45, 7) is 6.72. The monoisotopic (exact) mass is 303 g/mol. The predicted molar refractivity (Wildman–Crippen MR) is 83.1 cm³/mol. The van der Waals surface area contributed by atoms with Crippen LogP contribution in [0.4, 0.5) is 5.69 Å². The first-order valence-electron chi connectivity index (χ1n) is 7.63. The van der Waals surface area contributed by atoms with E-state index in [0.717, 1.165) is 18.7 Å². The Morgan fingerprint density at radius 3 is 2.82 bits per heavy atom. The molecule has 0 saturated carbocycles. The molecule has 0 bridgehead atoms. The second-order valence-electron chi connectivity index (χ2n) is 5.79. The standard InChI is InChI=1S/C16H21N3O3/c1-11-3-4-14-13(9-11)19(16(21)12(2)22-14)10-15(20)18-7-5-17-6-8-18/h3-4,9,12,17H,5-8,10H2,1-2H3. The fourth-order valence-corrected chi connectivity index (χ4v) is 2.83. The highest BCUT2D eigenvalue weighted by Crippen LogP contribution is 2.34. The number of rotatable bonds is 2. The zero-order valence-electron chi connectivity index (χ0n) is 13.0. The summed E-state index contributed by atoms with van der Waals surface area (Å²) < 4.78 is 5.63. The molecule has 1 unspecified atom stereocenters. The van der Waals surface area contributed by atoms with Gasteiger partial charge in [0, 0.05) is 26.2 Å². The van der Waals surface area contributed by atoms with Crippen molar-refractivity contribution in [2.24, 2.45) is 0 Å². The molecule has 6 heteroatoms. The van der Waals surface area contributed by atoms with Gasteiger partial charge in [-0.1, -0.05) is 6.07 Å². The maximum Gasteiger partial charge on any atom is 0.268 e. The highest BCUT2D eigenvalue weighted by molar-refractivity contribution is 6.03. The molecule has 1 saturated heterocycles. The van der Waals surface area contributed by atoms with Crippen molar-refractivity contribution in [3.8, 4) is 5.75 Å². The third-order valence-corrected chi connectivity index (χ3v) is 4.09. The van der Waals surface area contributed by atoms with E-state index >= 15 is 0 Å². The van der Waals surface area contributed by atoms with Gasteiger partial charge in [0.1, 0.15) is 12.3 Å². The third kappa shape index (κ3) is 2.78. The molecule has 1 N–H and O–H groups in total. The van der Waals surface area contributed by atoms with E-state index in [4.69, 9.17) is 4.74 Å². The van der Waals surface area contributed by atoms with Gasteiger partial charge in [-0.25, -0.2) is 0 Å². The molecule has 0 aromatic heterocycles. The third-order valence-electron chi connectivity index (χ3n) is 4.09.